The van der Waals surface area contributed by atoms with Gasteiger partial charge in [-0.1, -0.05) is 34.6 Å². The normalized spacial score (nSPS) is 54.2. The molecule has 15 heteroatoms. The van der Waals surface area contributed by atoms with Crippen molar-refractivity contribution in [3.05, 3.63) is 0 Å². The van der Waals surface area contributed by atoms with Gasteiger partial charge in [-0.2, -0.15) is 0 Å². The van der Waals surface area contributed by atoms with Crippen molar-refractivity contribution in [2.75, 3.05) is 13.2 Å². The summed E-state index contributed by atoms with van der Waals surface area (Å²) in [6.45, 7) is 13.4. The van der Waals surface area contributed by atoms with Crippen molar-refractivity contribution in [3.63, 3.8) is 0 Å². The first kappa shape index (κ1) is 44.5. The molecular weight excluding hydrogens is 744 g/mol. The summed E-state index contributed by atoms with van der Waals surface area (Å²) < 4.78 is 23.6. The smallest absolute Gasteiger partial charge is 0.187 e. The maximum absolute atomic E-state index is 12.4. The van der Waals surface area contributed by atoms with Crippen LogP contribution in [0.2, 0.25) is 0 Å². The van der Waals surface area contributed by atoms with Gasteiger partial charge in [0, 0.05) is 11.8 Å². The number of hydrogen-bond acceptors (Lipinski definition) is 15. The van der Waals surface area contributed by atoms with Crippen molar-refractivity contribution < 1.29 is 75.1 Å². The Hall–Kier alpha value is -0.600. The van der Waals surface area contributed by atoms with Crippen molar-refractivity contribution in [3.8, 4) is 0 Å². The Labute approximate surface area is 336 Å². The van der Waals surface area contributed by atoms with Crippen LogP contribution in [0.3, 0.4) is 0 Å². The number of hydrogen-bond donors (Lipinski definition) is 11. The van der Waals surface area contributed by atoms with Crippen molar-refractivity contribution in [1.29, 1.82) is 0 Å². The van der Waals surface area contributed by atoms with Crippen LogP contribution in [0.1, 0.15) is 106 Å². The van der Waals surface area contributed by atoms with Crippen molar-refractivity contribution in [1.82, 2.24) is 0 Å². The van der Waals surface area contributed by atoms with E-state index in [1.807, 2.05) is 0 Å². The molecule has 0 aromatic rings. The number of fused-ring (bicyclic) bond motifs is 2. The lowest BCUT2D eigenvalue weighted by Gasteiger charge is -2.65. The third kappa shape index (κ3) is 6.46. The Morgan fingerprint density at radius 3 is 1.89 bits per heavy atom. The minimum absolute atomic E-state index is 0.0120. The summed E-state index contributed by atoms with van der Waals surface area (Å²) >= 11 is 0. The summed E-state index contributed by atoms with van der Waals surface area (Å²) in [7, 11) is 0. The van der Waals surface area contributed by atoms with E-state index >= 15 is 0 Å². The van der Waals surface area contributed by atoms with Crippen LogP contribution < -0.4 is 0 Å². The van der Waals surface area contributed by atoms with Crippen molar-refractivity contribution in [2.24, 2.45) is 50.7 Å². The van der Waals surface area contributed by atoms with Crippen LogP contribution in [0.15, 0.2) is 0 Å². The largest absolute Gasteiger partial charge is 0.394 e. The van der Waals surface area contributed by atoms with Crippen LogP contribution >= 0.6 is 0 Å². The van der Waals surface area contributed by atoms with Crippen LogP contribution in [0.25, 0.3) is 0 Å². The minimum Gasteiger partial charge on any atom is -0.394 e. The Bertz CT molecular complexity index is 1450. The molecule has 22 atom stereocenters. The predicted molar refractivity (Wildman–Crippen MR) is 202 cm³/mol. The fourth-order valence-electron chi connectivity index (χ4n) is 14.3. The summed E-state index contributed by atoms with van der Waals surface area (Å²) in [5.74, 6) is 0.450. The van der Waals surface area contributed by atoms with Crippen LogP contribution in [0, 0.1) is 50.7 Å². The Morgan fingerprint density at radius 2 is 1.30 bits per heavy atom. The average molecular weight is 817 g/mol. The molecule has 2 spiro atoms. The van der Waals surface area contributed by atoms with Crippen LogP contribution in [0.4, 0.5) is 0 Å². The topological polar surface area (TPSA) is 259 Å². The van der Waals surface area contributed by atoms with E-state index in [4.69, 9.17) is 18.9 Å². The number of ether oxygens (including phenoxy) is 4. The Morgan fingerprint density at radius 1 is 0.719 bits per heavy atom. The molecule has 0 radical (unpaired) electrons. The molecule has 0 unspecified atom stereocenters. The van der Waals surface area contributed by atoms with Gasteiger partial charge in [0.25, 0.3) is 0 Å². The van der Waals surface area contributed by atoms with E-state index in [9.17, 15) is 56.2 Å². The van der Waals surface area contributed by atoms with Crippen LogP contribution in [-0.4, -0.2) is 161 Å². The third-order valence-corrected chi connectivity index (χ3v) is 17.9. The molecule has 7 rings (SSSR count). The average Bonchev–Trinajstić information content (AvgIpc) is 3.75. The summed E-state index contributed by atoms with van der Waals surface area (Å²) in [4.78, 5) is 0. The molecule has 0 aromatic carbocycles. The molecule has 11 N–H and O–H groups in total. The van der Waals surface area contributed by atoms with Gasteiger partial charge in [-0.25, -0.2) is 0 Å². The van der Waals surface area contributed by atoms with E-state index in [-0.39, 0.29) is 40.4 Å². The molecule has 15 nitrogen and oxygen atoms in total. The fraction of sp³-hybridized carbons (Fsp3) is 1.00. The van der Waals surface area contributed by atoms with Crippen LogP contribution in [-0.2, 0) is 18.9 Å². The second-order valence-electron chi connectivity index (χ2n) is 21.1. The van der Waals surface area contributed by atoms with Gasteiger partial charge in [-0.3, -0.25) is 0 Å². The fourth-order valence-corrected chi connectivity index (χ4v) is 14.3. The highest BCUT2D eigenvalue weighted by molar-refractivity contribution is 5.34. The Kier molecular flexibility index (Phi) is 11.7. The van der Waals surface area contributed by atoms with Crippen LogP contribution in [0.5, 0.6) is 0 Å². The summed E-state index contributed by atoms with van der Waals surface area (Å²) in [6.07, 6.45) is -10.6. The van der Waals surface area contributed by atoms with E-state index in [0.29, 0.717) is 25.2 Å². The molecule has 7 fully saturated rings. The standard InChI is InChI=1S/C42H72O15/c1-19(8-9-25(46)38(4,5)57-36-33(53)31(51)29(49)23(17-44)55-36)20-10-11-40(7)34-21(45)14-24-37(2,3)27(56-35-32(52)30(50)28(48)22(16-43)54-35)15-26(47)42(24)18-41(34,42)13-12-39(20,40)6/h19-36,43-53H,8-18H2,1-7H3/t19-,20-,21+,22-,23-,24+,25+,26+,27+,28-,29-,30+,31+,32-,33-,34+,35+,36+,39-,40+,41+,42-/m1/s1. The quantitative estimate of drug-likeness (QED) is 0.122. The van der Waals surface area contributed by atoms with Crippen molar-refractivity contribution >= 4 is 0 Å². The molecule has 330 valence electrons. The third-order valence-electron chi connectivity index (χ3n) is 17.9. The van der Waals surface area contributed by atoms with E-state index in [0.717, 1.165) is 32.1 Å². The molecule has 2 saturated heterocycles. The molecule has 2 aliphatic heterocycles. The van der Waals surface area contributed by atoms with Gasteiger partial charge in [0.05, 0.1) is 43.2 Å². The minimum atomic E-state index is -1.58. The zero-order valence-electron chi connectivity index (χ0n) is 34.7. The zero-order valence-corrected chi connectivity index (χ0v) is 34.7. The molecule has 5 aliphatic carbocycles. The van der Waals surface area contributed by atoms with Gasteiger partial charge in [-0.05, 0) is 111 Å². The number of aliphatic hydroxyl groups is 11. The number of rotatable bonds is 11. The maximum Gasteiger partial charge on any atom is 0.187 e. The SMILES string of the molecule is C[C@H](CC[C@H](O)C(C)(C)O[C@@H]1O[C@H](CO)[C@@H](O)[C@H](O)[C@H]1O)[C@H]1CC[C@@]2(C)[C@@H]3[C@@H](O)C[C@H]4C(C)(C)[C@@H](O[C@@H]5O[C@H](CO)[C@@H](O)[C@H](O)[C@H]5O)C[C@H](O)[C@@]45C[C@@]35CC[C@]12C. The van der Waals surface area contributed by atoms with E-state index in [1.54, 1.807) is 13.8 Å². The van der Waals surface area contributed by atoms with Gasteiger partial charge in [0.15, 0.2) is 12.6 Å². The van der Waals surface area contributed by atoms with E-state index in [2.05, 4.69) is 34.6 Å². The summed E-state index contributed by atoms with van der Waals surface area (Å²) in [5, 5.41) is 118. The maximum atomic E-state index is 12.4. The van der Waals surface area contributed by atoms with Gasteiger partial charge < -0.3 is 75.1 Å². The lowest BCUT2D eigenvalue weighted by molar-refractivity contribution is -0.332. The molecule has 0 aromatic heterocycles. The van der Waals surface area contributed by atoms with E-state index < -0.39 is 115 Å². The monoisotopic (exact) mass is 816 g/mol. The first-order valence-electron chi connectivity index (χ1n) is 21.5. The van der Waals surface area contributed by atoms with Gasteiger partial charge in [-0.15, -0.1) is 0 Å². The molecule has 57 heavy (non-hydrogen) atoms. The first-order chi connectivity index (χ1) is 26.5. The van der Waals surface area contributed by atoms with Gasteiger partial charge >= 0.3 is 0 Å². The van der Waals surface area contributed by atoms with E-state index in [1.165, 1.54) is 0 Å². The highest BCUT2D eigenvalue weighted by Crippen LogP contribution is 2.89. The molecule has 0 bridgehead atoms. The molecule has 7 aliphatic rings. The van der Waals surface area contributed by atoms with Gasteiger partial charge in [0.2, 0.25) is 0 Å². The van der Waals surface area contributed by atoms with Gasteiger partial charge in [0.1, 0.15) is 48.8 Å². The van der Waals surface area contributed by atoms with Crippen molar-refractivity contribution in [2.45, 2.75) is 198 Å². The summed E-state index contributed by atoms with van der Waals surface area (Å²) in [5.41, 5.74) is -2.68. The second-order valence-corrected chi connectivity index (χ2v) is 21.1. The second kappa shape index (κ2) is 15.0. The predicted octanol–water partition coefficient (Wildman–Crippen LogP) is -0.0755. The summed E-state index contributed by atoms with van der Waals surface area (Å²) in [6, 6.07) is 0. The molecule has 5 saturated carbocycles. The Balaban J connectivity index is 1.03. The first-order valence-corrected chi connectivity index (χ1v) is 21.5. The highest BCUT2D eigenvalue weighted by atomic mass is 16.7. The zero-order chi connectivity index (χ0) is 42.0. The lowest BCUT2D eigenvalue weighted by atomic mass is 9.40. The lowest BCUT2D eigenvalue weighted by Crippen LogP contribution is -2.66. The molecule has 2 heterocycles. The molecule has 0 amide bonds. The highest BCUT2D eigenvalue weighted by Gasteiger charge is 2.86. The molecular formula is C42H72O15. The number of aliphatic hydroxyl groups excluding tert-OH is 11.